The van der Waals surface area contributed by atoms with Gasteiger partial charge in [-0.05, 0) is 12.1 Å². The average Bonchev–Trinajstić information content (AvgIpc) is 2.76. The number of nitrogens with two attached hydrogens (primary N) is 1. The van der Waals surface area contributed by atoms with Crippen molar-refractivity contribution in [1.29, 1.82) is 0 Å². The van der Waals surface area contributed by atoms with E-state index >= 15 is 0 Å². The summed E-state index contributed by atoms with van der Waals surface area (Å²) >= 11 is 1.44. The summed E-state index contributed by atoms with van der Waals surface area (Å²) in [5, 5.41) is 14.6. The molecule has 1 amide bonds. The van der Waals surface area contributed by atoms with Crippen molar-refractivity contribution in [2.75, 3.05) is 5.32 Å². The van der Waals surface area contributed by atoms with E-state index in [-0.39, 0.29) is 18.1 Å². The highest BCUT2D eigenvalue weighted by Gasteiger charge is 2.07. The van der Waals surface area contributed by atoms with E-state index in [1.807, 2.05) is 5.38 Å². The maximum Gasteiger partial charge on any atom is 0.230 e. The minimum absolute atomic E-state index is 0.117. The lowest BCUT2D eigenvalue weighted by Gasteiger charge is -2.04. The van der Waals surface area contributed by atoms with E-state index in [2.05, 4.69) is 10.3 Å². The number of hydrogen-bond acceptors (Lipinski definition) is 5. The number of nitrogens with zero attached hydrogens (tertiary/aromatic N) is 1. The molecule has 1 aromatic carbocycles. The van der Waals surface area contributed by atoms with Gasteiger partial charge < -0.3 is 16.2 Å². The van der Waals surface area contributed by atoms with Crippen molar-refractivity contribution in [2.45, 2.75) is 13.0 Å². The number of phenols is 1. The number of carbonyl (C=O) groups is 1. The summed E-state index contributed by atoms with van der Waals surface area (Å²) < 4.78 is 0. The molecule has 0 spiro atoms. The zero-order valence-corrected chi connectivity index (χ0v) is 10.4. The van der Waals surface area contributed by atoms with Crippen LogP contribution in [0.25, 0.3) is 0 Å². The number of anilines is 1. The van der Waals surface area contributed by atoms with Crippen LogP contribution in [-0.4, -0.2) is 16.0 Å². The van der Waals surface area contributed by atoms with E-state index < -0.39 is 0 Å². The summed E-state index contributed by atoms with van der Waals surface area (Å²) in [6, 6.07) is 6.41. The molecule has 0 unspecified atom stereocenters. The van der Waals surface area contributed by atoms with Gasteiger partial charge in [0, 0.05) is 23.7 Å². The highest BCUT2D eigenvalue weighted by atomic mass is 32.1. The number of thiazole rings is 1. The number of aromatic nitrogens is 1. The molecule has 0 aliphatic heterocycles. The Morgan fingerprint density at radius 1 is 1.50 bits per heavy atom. The highest BCUT2D eigenvalue weighted by molar-refractivity contribution is 7.09. The van der Waals surface area contributed by atoms with E-state index in [0.29, 0.717) is 17.9 Å². The predicted octanol–water partition coefficient (Wildman–Crippen LogP) is 1.49. The summed E-state index contributed by atoms with van der Waals surface area (Å²) in [6.07, 6.45) is 0.201. The van der Waals surface area contributed by atoms with Gasteiger partial charge in [-0.3, -0.25) is 4.79 Å². The maximum atomic E-state index is 11.7. The molecule has 0 fully saturated rings. The van der Waals surface area contributed by atoms with Crippen molar-refractivity contribution in [3.8, 4) is 5.75 Å². The van der Waals surface area contributed by atoms with Crippen LogP contribution in [0.4, 0.5) is 5.69 Å². The highest BCUT2D eigenvalue weighted by Crippen LogP contribution is 2.16. The Labute approximate surface area is 108 Å². The Kier molecular flexibility index (Phi) is 3.91. The van der Waals surface area contributed by atoms with Gasteiger partial charge in [0.25, 0.3) is 0 Å². The van der Waals surface area contributed by atoms with Gasteiger partial charge in [-0.2, -0.15) is 0 Å². The van der Waals surface area contributed by atoms with Gasteiger partial charge in [-0.25, -0.2) is 4.98 Å². The molecule has 0 aliphatic carbocycles. The van der Waals surface area contributed by atoms with Gasteiger partial charge >= 0.3 is 0 Å². The molecule has 4 N–H and O–H groups in total. The van der Waals surface area contributed by atoms with Crippen LogP contribution in [-0.2, 0) is 17.8 Å². The van der Waals surface area contributed by atoms with E-state index in [1.54, 1.807) is 18.2 Å². The molecular weight excluding hydrogens is 250 g/mol. The Bertz CT molecular complexity index is 554. The van der Waals surface area contributed by atoms with Crippen LogP contribution in [0.1, 0.15) is 10.7 Å². The Hall–Kier alpha value is -1.92. The second-order valence-corrected chi connectivity index (χ2v) is 4.65. The second-order valence-electron chi connectivity index (χ2n) is 3.71. The Balaban J connectivity index is 1.96. The fraction of sp³-hybridized carbons (Fsp3) is 0.167. The van der Waals surface area contributed by atoms with Crippen LogP contribution in [0, 0.1) is 0 Å². The van der Waals surface area contributed by atoms with Gasteiger partial charge in [-0.1, -0.05) is 6.07 Å². The normalized spacial score (nSPS) is 10.3. The molecule has 0 saturated heterocycles. The van der Waals surface area contributed by atoms with Crippen molar-refractivity contribution in [3.05, 3.63) is 40.3 Å². The maximum absolute atomic E-state index is 11.7. The molecule has 0 radical (unpaired) electrons. The van der Waals surface area contributed by atoms with Crippen molar-refractivity contribution >= 4 is 22.9 Å². The van der Waals surface area contributed by atoms with E-state index in [0.717, 1.165) is 5.01 Å². The molecule has 94 valence electrons. The summed E-state index contributed by atoms with van der Waals surface area (Å²) in [7, 11) is 0. The minimum Gasteiger partial charge on any atom is -0.508 e. The molecule has 1 aromatic heterocycles. The van der Waals surface area contributed by atoms with Crippen LogP contribution in [0.15, 0.2) is 29.6 Å². The fourth-order valence-corrected chi connectivity index (χ4v) is 2.15. The quantitative estimate of drug-likeness (QED) is 0.779. The molecule has 6 heteroatoms. The molecule has 2 rings (SSSR count). The van der Waals surface area contributed by atoms with E-state index in [1.165, 1.54) is 17.4 Å². The van der Waals surface area contributed by atoms with Crippen LogP contribution in [0.3, 0.4) is 0 Å². The molecule has 0 aliphatic rings. The first-order chi connectivity index (χ1) is 8.67. The topological polar surface area (TPSA) is 88.2 Å². The third-order valence-corrected chi connectivity index (χ3v) is 3.17. The number of aromatic hydroxyl groups is 1. The number of nitrogens with one attached hydrogen (secondary N) is 1. The van der Waals surface area contributed by atoms with E-state index in [9.17, 15) is 9.90 Å². The molecular formula is C12H13N3O2S. The third kappa shape index (κ3) is 3.28. The molecule has 0 atom stereocenters. The van der Waals surface area contributed by atoms with Crippen molar-refractivity contribution in [1.82, 2.24) is 4.98 Å². The zero-order valence-electron chi connectivity index (χ0n) is 9.59. The largest absolute Gasteiger partial charge is 0.508 e. The molecule has 1 heterocycles. The summed E-state index contributed by atoms with van der Waals surface area (Å²) in [5.41, 5.74) is 6.72. The van der Waals surface area contributed by atoms with Crippen LogP contribution < -0.4 is 11.1 Å². The first-order valence-electron chi connectivity index (χ1n) is 5.39. The Morgan fingerprint density at radius 2 is 2.33 bits per heavy atom. The van der Waals surface area contributed by atoms with Crippen molar-refractivity contribution in [2.24, 2.45) is 5.73 Å². The molecule has 18 heavy (non-hydrogen) atoms. The lowest BCUT2D eigenvalue weighted by molar-refractivity contribution is -0.115. The number of hydrogen-bond donors (Lipinski definition) is 3. The number of benzene rings is 1. The molecule has 0 saturated carbocycles. The van der Waals surface area contributed by atoms with Crippen molar-refractivity contribution < 1.29 is 9.90 Å². The number of carbonyl (C=O) groups excluding carboxylic acids is 1. The summed E-state index contributed by atoms with van der Waals surface area (Å²) in [5.74, 6) is -0.0543. The van der Waals surface area contributed by atoms with Crippen LogP contribution in [0.5, 0.6) is 5.75 Å². The fourth-order valence-electron chi connectivity index (χ4n) is 1.48. The SMILES string of the molecule is NCc1nc(CC(=O)Nc2cccc(O)c2)cs1. The Morgan fingerprint density at radius 3 is 3.00 bits per heavy atom. The van der Waals surface area contributed by atoms with Gasteiger partial charge in [-0.15, -0.1) is 11.3 Å². The monoisotopic (exact) mass is 263 g/mol. The summed E-state index contributed by atoms with van der Waals surface area (Å²) in [6.45, 7) is 0.388. The lowest BCUT2D eigenvalue weighted by Crippen LogP contribution is -2.14. The van der Waals surface area contributed by atoms with Gasteiger partial charge in [0.05, 0.1) is 12.1 Å². The molecule has 0 bridgehead atoms. The first kappa shape index (κ1) is 12.5. The minimum atomic E-state index is -0.172. The molecule has 2 aromatic rings. The van der Waals surface area contributed by atoms with Gasteiger partial charge in [0.1, 0.15) is 10.8 Å². The number of amides is 1. The molecule has 5 nitrogen and oxygen atoms in total. The van der Waals surface area contributed by atoms with Crippen molar-refractivity contribution in [3.63, 3.8) is 0 Å². The summed E-state index contributed by atoms with van der Waals surface area (Å²) in [4.78, 5) is 15.9. The zero-order chi connectivity index (χ0) is 13.0. The van der Waals surface area contributed by atoms with Crippen LogP contribution >= 0.6 is 11.3 Å². The van der Waals surface area contributed by atoms with E-state index in [4.69, 9.17) is 5.73 Å². The first-order valence-corrected chi connectivity index (χ1v) is 6.27. The standard InChI is InChI=1S/C12H13N3O2S/c13-6-12-15-9(7-18-12)5-11(17)14-8-2-1-3-10(16)4-8/h1-4,7,16H,5-6,13H2,(H,14,17). The third-order valence-electron chi connectivity index (χ3n) is 2.25. The second kappa shape index (κ2) is 5.61. The number of phenolic OH excluding ortho intramolecular Hbond substituents is 1. The average molecular weight is 263 g/mol. The van der Waals surface area contributed by atoms with Gasteiger partial charge in [0.2, 0.25) is 5.91 Å². The number of rotatable bonds is 4. The smallest absolute Gasteiger partial charge is 0.230 e. The van der Waals surface area contributed by atoms with Crippen LogP contribution in [0.2, 0.25) is 0 Å². The predicted molar refractivity (Wildman–Crippen MR) is 70.4 cm³/mol. The van der Waals surface area contributed by atoms with Gasteiger partial charge in [0.15, 0.2) is 0 Å². The lowest BCUT2D eigenvalue weighted by atomic mass is 10.2.